The molecular weight excluding hydrogens is 320 g/mol. The molecule has 0 aliphatic heterocycles. The quantitative estimate of drug-likeness (QED) is 0.855. The summed E-state index contributed by atoms with van der Waals surface area (Å²) < 4.78 is 11.1. The van der Waals surface area contributed by atoms with Crippen molar-refractivity contribution in [2.75, 3.05) is 7.11 Å². The van der Waals surface area contributed by atoms with Crippen LogP contribution in [0.5, 0.6) is 11.8 Å². The van der Waals surface area contributed by atoms with Gasteiger partial charge in [-0.1, -0.05) is 19.3 Å². The molecule has 2 fully saturated rings. The van der Waals surface area contributed by atoms with Crippen LogP contribution >= 0.6 is 0 Å². The predicted octanol–water partition coefficient (Wildman–Crippen LogP) is 2.81. The van der Waals surface area contributed by atoms with E-state index in [0.29, 0.717) is 17.8 Å². The van der Waals surface area contributed by atoms with E-state index in [4.69, 9.17) is 9.47 Å². The number of nitrogens with one attached hydrogen (secondary N) is 2. The van der Waals surface area contributed by atoms with Gasteiger partial charge in [-0.15, -0.1) is 0 Å². The number of carbonyl (C=O) groups excluding carboxylic acids is 1. The number of rotatable bonds is 5. The van der Waals surface area contributed by atoms with E-state index in [1.807, 2.05) is 0 Å². The molecule has 2 aliphatic rings. The van der Waals surface area contributed by atoms with Crippen LogP contribution in [0, 0.1) is 0 Å². The fourth-order valence-corrected chi connectivity index (χ4v) is 3.68. The second-order valence-corrected chi connectivity index (χ2v) is 6.91. The summed E-state index contributed by atoms with van der Waals surface area (Å²) in [4.78, 5) is 20.4. The molecule has 0 aromatic carbocycles. The first kappa shape index (κ1) is 17.8. The van der Waals surface area contributed by atoms with Crippen LogP contribution < -0.4 is 20.1 Å². The number of ether oxygens (including phenoxy) is 2. The highest BCUT2D eigenvalue weighted by atomic mass is 16.5. The Kier molecular flexibility index (Phi) is 6.30. The fraction of sp³-hybridized carbons (Fsp3) is 0.722. The molecule has 25 heavy (non-hydrogen) atoms. The molecule has 2 N–H and O–H groups in total. The number of hydrogen-bond acceptors (Lipinski definition) is 5. The van der Waals surface area contributed by atoms with E-state index in [2.05, 4.69) is 20.6 Å². The van der Waals surface area contributed by atoms with E-state index in [-0.39, 0.29) is 18.2 Å². The largest absolute Gasteiger partial charge is 0.477 e. The van der Waals surface area contributed by atoms with Gasteiger partial charge in [0.05, 0.1) is 7.11 Å². The zero-order valence-corrected chi connectivity index (χ0v) is 14.9. The van der Waals surface area contributed by atoms with Gasteiger partial charge in [0.15, 0.2) is 0 Å². The van der Waals surface area contributed by atoms with Crippen molar-refractivity contribution in [2.45, 2.75) is 76.0 Å². The molecule has 1 aromatic rings. The molecule has 1 heterocycles. The van der Waals surface area contributed by atoms with E-state index in [9.17, 15) is 4.79 Å². The molecule has 3 rings (SSSR count). The summed E-state index contributed by atoms with van der Waals surface area (Å²) in [5, 5.41) is 6.23. The molecule has 7 nitrogen and oxygen atoms in total. The lowest BCUT2D eigenvalue weighted by Gasteiger charge is -2.30. The Bertz CT molecular complexity index is 555. The summed E-state index contributed by atoms with van der Waals surface area (Å²) in [6.45, 7) is 0. The fourth-order valence-electron chi connectivity index (χ4n) is 3.68. The number of hydrogen-bond donors (Lipinski definition) is 2. The van der Waals surface area contributed by atoms with Gasteiger partial charge >= 0.3 is 6.03 Å². The van der Waals surface area contributed by atoms with Crippen molar-refractivity contribution in [2.24, 2.45) is 0 Å². The minimum Gasteiger partial charge on any atom is -0.477 e. The average molecular weight is 348 g/mol. The van der Waals surface area contributed by atoms with E-state index in [1.54, 1.807) is 19.5 Å². The number of urea groups is 1. The van der Waals surface area contributed by atoms with E-state index >= 15 is 0 Å². The number of aromatic nitrogens is 2. The summed E-state index contributed by atoms with van der Waals surface area (Å²) in [6.07, 6.45) is 12.8. The average Bonchev–Trinajstić information content (AvgIpc) is 2.64. The van der Waals surface area contributed by atoms with Crippen LogP contribution in [0.2, 0.25) is 0 Å². The molecule has 0 bridgehead atoms. The highest BCUT2D eigenvalue weighted by molar-refractivity contribution is 5.74. The molecule has 2 amide bonds. The highest BCUT2D eigenvalue weighted by Crippen LogP contribution is 2.27. The van der Waals surface area contributed by atoms with Crippen molar-refractivity contribution < 1.29 is 14.3 Å². The smallest absolute Gasteiger partial charge is 0.315 e. The first-order valence-electron chi connectivity index (χ1n) is 9.33. The molecule has 0 atom stereocenters. The minimum absolute atomic E-state index is 0.0214. The maximum atomic E-state index is 12.1. The van der Waals surface area contributed by atoms with Gasteiger partial charge in [-0.3, -0.25) is 0 Å². The molecule has 2 aliphatic carbocycles. The molecule has 1 aromatic heterocycles. The molecule has 0 spiro atoms. The van der Waals surface area contributed by atoms with Crippen molar-refractivity contribution in [3.8, 4) is 11.8 Å². The molecule has 2 saturated carbocycles. The number of nitrogens with zero attached hydrogens (tertiary/aromatic N) is 2. The summed E-state index contributed by atoms with van der Waals surface area (Å²) in [6, 6.07) is 0.539. The van der Waals surface area contributed by atoms with Crippen molar-refractivity contribution >= 4 is 6.03 Å². The number of carbonyl (C=O) groups is 1. The van der Waals surface area contributed by atoms with E-state index in [1.165, 1.54) is 19.3 Å². The summed E-state index contributed by atoms with van der Waals surface area (Å²) in [5.41, 5.74) is 0. The van der Waals surface area contributed by atoms with Crippen molar-refractivity contribution in [1.82, 2.24) is 20.6 Å². The third-order valence-corrected chi connectivity index (χ3v) is 5.05. The lowest BCUT2D eigenvalue weighted by Crippen LogP contribution is -2.48. The van der Waals surface area contributed by atoms with E-state index in [0.717, 1.165) is 38.5 Å². The van der Waals surface area contributed by atoms with Crippen LogP contribution in [0.15, 0.2) is 12.4 Å². The lowest BCUT2D eigenvalue weighted by atomic mass is 9.93. The van der Waals surface area contributed by atoms with Gasteiger partial charge in [0, 0.05) is 24.5 Å². The maximum absolute atomic E-state index is 12.1. The molecule has 0 radical (unpaired) electrons. The summed E-state index contributed by atoms with van der Waals surface area (Å²) in [5.74, 6) is 0.853. The first-order valence-corrected chi connectivity index (χ1v) is 9.33. The Morgan fingerprint density at radius 2 is 1.52 bits per heavy atom. The van der Waals surface area contributed by atoms with Crippen LogP contribution in [-0.2, 0) is 0 Å². The Morgan fingerprint density at radius 1 is 0.920 bits per heavy atom. The SMILES string of the molecule is COc1nccnc1OC1CCC(NC(=O)NC2CCCCC2)CC1. The Hall–Kier alpha value is -2.05. The zero-order valence-electron chi connectivity index (χ0n) is 14.9. The van der Waals surface area contributed by atoms with Gasteiger partial charge < -0.3 is 20.1 Å². The molecule has 138 valence electrons. The Balaban J connectivity index is 1.40. The second kappa shape index (κ2) is 8.87. The van der Waals surface area contributed by atoms with Crippen LogP contribution in [0.4, 0.5) is 4.79 Å². The topological polar surface area (TPSA) is 85.4 Å². The predicted molar refractivity (Wildman–Crippen MR) is 93.8 cm³/mol. The van der Waals surface area contributed by atoms with E-state index < -0.39 is 0 Å². The Labute approximate surface area is 148 Å². The summed E-state index contributed by atoms with van der Waals surface area (Å²) in [7, 11) is 1.56. The van der Waals surface area contributed by atoms with Crippen LogP contribution in [0.3, 0.4) is 0 Å². The maximum Gasteiger partial charge on any atom is 0.315 e. The van der Waals surface area contributed by atoms with Gasteiger partial charge in [-0.2, -0.15) is 0 Å². The van der Waals surface area contributed by atoms with Crippen molar-refractivity contribution in [3.05, 3.63) is 12.4 Å². The minimum atomic E-state index is -0.0214. The normalized spacial score (nSPS) is 24.4. The van der Waals surface area contributed by atoms with Gasteiger partial charge in [0.25, 0.3) is 11.8 Å². The number of methoxy groups -OCH3 is 1. The van der Waals surface area contributed by atoms with Gasteiger partial charge in [-0.25, -0.2) is 14.8 Å². The number of amides is 2. The monoisotopic (exact) mass is 348 g/mol. The Morgan fingerprint density at radius 3 is 2.16 bits per heavy atom. The van der Waals surface area contributed by atoms with Gasteiger partial charge in [-0.05, 0) is 38.5 Å². The standard InChI is InChI=1S/C18H28N4O3/c1-24-16-17(20-12-11-19-16)25-15-9-7-14(8-10-15)22-18(23)21-13-5-3-2-4-6-13/h11-15H,2-10H2,1H3,(H2,21,22,23). The molecular formula is C18H28N4O3. The second-order valence-electron chi connectivity index (χ2n) is 6.91. The lowest BCUT2D eigenvalue weighted by molar-refractivity contribution is 0.128. The summed E-state index contributed by atoms with van der Waals surface area (Å²) >= 11 is 0. The van der Waals surface area contributed by atoms with Crippen molar-refractivity contribution in [3.63, 3.8) is 0 Å². The molecule has 0 saturated heterocycles. The van der Waals surface area contributed by atoms with Crippen LogP contribution in [0.25, 0.3) is 0 Å². The zero-order chi connectivity index (χ0) is 17.5. The molecule has 0 unspecified atom stereocenters. The molecule has 7 heteroatoms. The van der Waals surface area contributed by atoms with Gasteiger partial charge in [0.1, 0.15) is 6.10 Å². The van der Waals surface area contributed by atoms with Crippen molar-refractivity contribution in [1.29, 1.82) is 0 Å². The first-order chi connectivity index (χ1) is 12.2. The van der Waals surface area contributed by atoms with Crippen LogP contribution in [-0.4, -0.2) is 41.3 Å². The third-order valence-electron chi connectivity index (χ3n) is 5.05. The highest BCUT2D eigenvalue weighted by Gasteiger charge is 2.25. The van der Waals surface area contributed by atoms with Crippen LogP contribution in [0.1, 0.15) is 57.8 Å². The van der Waals surface area contributed by atoms with Gasteiger partial charge in [0.2, 0.25) is 0 Å². The third kappa shape index (κ3) is 5.21.